The van der Waals surface area contributed by atoms with E-state index in [1.807, 2.05) is 0 Å². The Bertz CT molecular complexity index is 571. The zero-order valence-corrected chi connectivity index (χ0v) is 11.9. The number of aliphatic carboxylic acids is 1. The Kier molecular flexibility index (Phi) is 5.07. The smallest absolute Gasteiger partial charge is 0.305 e. The van der Waals surface area contributed by atoms with Crippen LogP contribution in [0, 0.1) is 11.6 Å². The molecule has 0 saturated carbocycles. The number of nitrogens with one attached hydrogen (secondary N) is 1. The van der Waals surface area contributed by atoms with Gasteiger partial charge in [-0.1, -0.05) is 0 Å². The lowest BCUT2D eigenvalue weighted by Crippen LogP contribution is -2.50. The van der Waals surface area contributed by atoms with Crippen LogP contribution >= 0.6 is 0 Å². The highest BCUT2D eigenvalue weighted by molar-refractivity contribution is 5.78. The fourth-order valence-electron chi connectivity index (χ4n) is 2.52. The zero-order valence-electron chi connectivity index (χ0n) is 11.9. The van der Waals surface area contributed by atoms with Crippen molar-refractivity contribution in [1.82, 2.24) is 5.32 Å². The maximum atomic E-state index is 13.5. The number of hydrogen-bond acceptors (Lipinski definition) is 3. The number of carboxylic acids is 1. The van der Waals surface area contributed by atoms with Crippen molar-refractivity contribution < 1.29 is 28.2 Å². The summed E-state index contributed by atoms with van der Waals surface area (Å²) in [6.45, 7) is 0.519. The van der Waals surface area contributed by atoms with Gasteiger partial charge in [-0.05, 0) is 36.6 Å². The number of carbonyl (C=O) groups excluding carboxylic acids is 1. The molecule has 1 aliphatic rings. The van der Waals surface area contributed by atoms with Crippen LogP contribution in [0.2, 0.25) is 0 Å². The molecule has 7 heteroatoms. The van der Waals surface area contributed by atoms with E-state index in [2.05, 4.69) is 5.32 Å². The van der Waals surface area contributed by atoms with Gasteiger partial charge in [0.15, 0.2) is 0 Å². The van der Waals surface area contributed by atoms with Crippen LogP contribution in [0.4, 0.5) is 8.78 Å². The third-order valence-electron chi connectivity index (χ3n) is 3.63. The summed E-state index contributed by atoms with van der Waals surface area (Å²) in [4.78, 5) is 22.9. The van der Waals surface area contributed by atoms with Gasteiger partial charge in [0.05, 0.1) is 18.6 Å². The van der Waals surface area contributed by atoms with Crippen molar-refractivity contribution in [2.45, 2.75) is 31.2 Å². The number of carbonyl (C=O) groups is 2. The Morgan fingerprint density at radius 3 is 2.77 bits per heavy atom. The third-order valence-corrected chi connectivity index (χ3v) is 3.63. The maximum Gasteiger partial charge on any atom is 0.305 e. The highest BCUT2D eigenvalue weighted by Crippen LogP contribution is 2.23. The van der Waals surface area contributed by atoms with Crippen molar-refractivity contribution in [3.8, 4) is 0 Å². The monoisotopic (exact) mass is 313 g/mol. The van der Waals surface area contributed by atoms with Gasteiger partial charge < -0.3 is 15.2 Å². The van der Waals surface area contributed by atoms with Crippen molar-refractivity contribution in [3.63, 3.8) is 0 Å². The molecule has 120 valence electrons. The van der Waals surface area contributed by atoms with Crippen LogP contribution in [-0.2, 0) is 20.7 Å². The predicted octanol–water partition coefficient (Wildman–Crippen LogP) is 1.65. The molecule has 0 spiro atoms. The highest BCUT2D eigenvalue weighted by atomic mass is 19.1. The summed E-state index contributed by atoms with van der Waals surface area (Å²) in [7, 11) is 0. The second-order valence-electron chi connectivity index (χ2n) is 5.44. The summed E-state index contributed by atoms with van der Waals surface area (Å²) >= 11 is 0. The lowest BCUT2D eigenvalue weighted by molar-refractivity contribution is -0.139. The van der Waals surface area contributed by atoms with E-state index in [9.17, 15) is 18.4 Å². The number of amides is 1. The predicted molar refractivity (Wildman–Crippen MR) is 73.2 cm³/mol. The average Bonchev–Trinajstić information content (AvgIpc) is 2.87. The van der Waals surface area contributed by atoms with Crippen LogP contribution in [0.15, 0.2) is 18.2 Å². The van der Waals surface area contributed by atoms with E-state index in [1.165, 1.54) is 0 Å². The molecule has 22 heavy (non-hydrogen) atoms. The summed E-state index contributed by atoms with van der Waals surface area (Å²) in [5, 5.41) is 11.6. The van der Waals surface area contributed by atoms with Crippen molar-refractivity contribution in [2.75, 3.05) is 13.2 Å². The second-order valence-corrected chi connectivity index (χ2v) is 5.44. The molecule has 1 unspecified atom stereocenters. The first-order valence-corrected chi connectivity index (χ1v) is 6.95. The molecular formula is C15H17F2NO4. The van der Waals surface area contributed by atoms with Gasteiger partial charge >= 0.3 is 5.97 Å². The van der Waals surface area contributed by atoms with Crippen LogP contribution in [0.3, 0.4) is 0 Å². The quantitative estimate of drug-likeness (QED) is 0.837. The van der Waals surface area contributed by atoms with E-state index >= 15 is 0 Å². The molecule has 1 aromatic carbocycles. The minimum absolute atomic E-state index is 0.0411. The van der Waals surface area contributed by atoms with Crippen molar-refractivity contribution in [2.24, 2.45) is 0 Å². The third kappa shape index (κ3) is 4.24. The van der Waals surface area contributed by atoms with Gasteiger partial charge in [0.1, 0.15) is 11.6 Å². The molecule has 1 aromatic rings. The molecule has 1 amide bonds. The first-order chi connectivity index (χ1) is 10.4. The van der Waals surface area contributed by atoms with Crippen LogP contribution in [0.25, 0.3) is 0 Å². The largest absolute Gasteiger partial charge is 0.481 e. The highest BCUT2D eigenvalue weighted by Gasteiger charge is 2.38. The number of rotatable bonds is 6. The van der Waals surface area contributed by atoms with Gasteiger partial charge in [-0.25, -0.2) is 8.78 Å². The van der Waals surface area contributed by atoms with Gasteiger partial charge in [0.2, 0.25) is 5.91 Å². The topological polar surface area (TPSA) is 75.6 Å². The average molecular weight is 313 g/mol. The Labute approximate surface area is 126 Å². The number of carboxylic acid groups (broad SMARTS) is 1. The molecule has 1 saturated heterocycles. The van der Waals surface area contributed by atoms with E-state index in [4.69, 9.17) is 9.84 Å². The number of halogens is 2. The van der Waals surface area contributed by atoms with Crippen molar-refractivity contribution in [3.05, 3.63) is 35.4 Å². The fourth-order valence-corrected chi connectivity index (χ4v) is 2.52. The molecule has 0 bridgehead atoms. The Morgan fingerprint density at radius 1 is 1.36 bits per heavy atom. The lowest BCUT2D eigenvalue weighted by atomic mass is 9.94. The fraction of sp³-hybridized carbons (Fsp3) is 0.467. The standard InChI is InChI=1S/C15H17F2NO4/c16-11-2-3-12(17)10(7-11)1-4-13(19)18-15(8-14(20)21)5-6-22-9-15/h2-3,7H,1,4-6,8-9H2,(H,18,19)(H,20,21). The molecule has 1 aliphatic heterocycles. The minimum atomic E-state index is -1.03. The van der Waals surface area contributed by atoms with E-state index in [1.54, 1.807) is 0 Å². The van der Waals surface area contributed by atoms with E-state index in [0.29, 0.717) is 13.0 Å². The summed E-state index contributed by atoms with van der Waals surface area (Å²) in [5.41, 5.74) is -0.797. The van der Waals surface area contributed by atoms with Gasteiger partial charge in [-0.3, -0.25) is 9.59 Å². The molecule has 0 aromatic heterocycles. The van der Waals surface area contributed by atoms with Gasteiger partial charge in [-0.15, -0.1) is 0 Å². The van der Waals surface area contributed by atoms with Gasteiger partial charge in [0.25, 0.3) is 0 Å². The number of aryl methyl sites for hydroxylation is 1. The van der Waals surface area contributed by atoms with Crippen LogP contribution in [-0.4, -0.2) is 35.7 Å². The SMILES string of the molecule is O=C(O)CC1(NC(=O)CCc2cc(F)ccc2F)CCOC1. The molecule has 1 atom stereocenters. The molecule has 1 heterocycles. The Hall–Kier alpha value is -2.02. The van der Waals surface area contributed by atoms with E-state index < -0.39 is 29.0 Å². The molecule has 0 radical (unpaired) electrons. The first kappa shape index (κ1) is 16.4. The first-order valence-electron chi connectivity index (χ1n) is 6.95. The summed E-state index contributed by atoms with van der Waals surface area (Å²) in [6.07, 6.45) is 0.174. The normalized spacial score (nSPS) is 20.8. The van der Waals surface area contributed by atoms with Gasteiger partial charge in [0, 0.05) is 13.0 Å². The molecular weight excluding hydrogens is 296 g/mol. The number of benzene rings is 1. The van der Waals surface area contributed by atoms with E-state index in [-0.39, 0.29) is 31.4 Å². The number of ether oxygens (including phenoxy) is 1. The second kappa shape index (κ2) is 6.83. The minimum Gasteiger partial charge on any atom is -0.481 e. The molecule has 2 N–H and O–H groups in total. The zero-order chi connectivity index (χ0) is 16.2. The molecule has 0 aliphatic carbocycles. The Balaban J connectivity index is 1.94. The summed E-state index contributed by atoms with van der Waals surface area (Å²) in [6, 6.07) is 3.07. The molecule has 1 fully saturated rings. The number of hydrogen-bond donors (Lipinski definition) is 2. The summed E-state index contributed by atoms with van der Waals surface area (Å²) < 4.78 is 31.7. The maximum absolute atomic E-state index is 13.5. The van der Waals surface area contributed by atoms with Crippen molar-refractivity contribution in [1.29, 1.82) is 0 Å². The lowest BCUT2D eigenvalue weighted by Gasteiger charge is -2.27. The van der Waals surface area contributed by atoms with Crippen molar-refractivity contribution >= 4 is 11.9 Å². The van der Waals surface area contributed by atoms with E-state index in [0.717, 1.165) is 18.2 Å². The van der Waals surface area contributed by atoms with Crippen LogP contribution in [0.1, 0.15) is 24.8 Å². The molecule has 5 nitrogen and oxygen atoms in total. The molecule has 2 rings (SSSR count). The van der Waals surface area contributed by atoms with Crippen LogP contribution in [0.5, 0.6) is 0 Å². The summed E-state index contributed by atoms with van der Waals surface area (Å²) in [5.74, 6) is -2.57. The van der Waals surface area contributed by atoms with Gasteiger partial charge in [-0.2, -0.15) is 0 Å². The Morgan fingerprint density at radius 2 is 2.14 bits per heavy atom. The van der Waals surface area contributed by atoms with Crippen LogP contribution < -0.4 is 5.32 Å².